The predicted octanol–water partition coefficient (Wildman–Crippen LogP) is 5.43. The minimum atomic E-state index is 0.237. The third-order valence-electron chi connectivity index (χ3n) is 7.22. The molecule has 4 aliphatic rings. The first-order valence-corrected chi connectivity index (χ1v) is 10.8. The van der Waals surface area contributed by atoms with Gasteiger partial charge in [-0.15, -0.1) is 10.2 Å². The lowest BCUT2D eigenvalue weighted by atomic mass is 9.49. The van der Waals surface area contributed by atoms with Crippen LogP contribution in [0.3, 0.4) is 0 Å². The zero-order valence-electron chi connectivity index (χ0n) is 15.9. The molecule has 0 radical (unpaired) electrons. The maximum Gasteiger partial charge on any atom is 0.167 e. The van der Waals surface area contributed by atoms with Crippen molar-refractivity contribution in [1.29, 1.82) is 0 Å². The Morgan fingerprint density at radius 1 is 1.00 bits per heavy atom. The molecule has 2 heterocycles. The van der Waals surface area contributed by atoms with Crippen molar-refractivity contribution >= 4 is 17.2 Å². The van der Waals surface area contributed by atoms with Crippen LogP contribution in [0.1, 0.15) is 49.9 Å². The highest BCUT2D eigenvalue weighted by Gasteiger charge is 2.53. The molecule has 0 saturated heterocycles. The van der Waals surface area contributed by atoms with Crippen LogP contribution in [0.15, 0.2) is 42.6 Å². The van der Waals surface area contributed by atoms with Crippen LogP contribution in [0.5, 0.6) is 5.75 Å². The predicted molar refractivity (Wildman–Crippen MR) is 109 cm³/mol. The summed E-state index contributed by atoms with van der Waals surface area (Å²) in [4.78, 5) is 0. The van der Waals surface area contributed by atoms with E-state index in [9.17, 15) is 0 Å². The summed E-state index contributed by atoms with van der Waals surface area (Å²) in [5, 5.41) is 10.0. The van der Waals surface area contributed by atoms with Crippen molar-refractivity contribution in [2.45, 2.75) is 50.5 Å². The molecule has 7 rings (SSSR count). The van der Waals surface area contributed by atoms with Gasteiger partial charge in [0.25, 0.3) is 0 Å². The molecule has 28 heavy (non-hydrogen) atoms. The molecule has 144 valence electrons. The Labute approximate surface area is 169 Å². The zero-order valence-corrected chi connectivity index (χ0v) is 16.6. The van der Waals surface area contributed by atoms with Crippen LogP contribution in [-0.4, -0.2) is 14.6 Å². The van der Waals surface area contributed by atoms with Gasteiger partial charge >= 0.3 is 0 Å². The molecule has 4 nitrogen and oxygen atoms in total. The molecule has 0 unspecified atom stereocenters. The van der Waals surface area contributed by atoms with E-state index in [1.165, 1.54) is 44.3 Å². The molecule has 4 aliphatic carbocycles. The van der Waals surface area contributed by atoms with E-state index in [0.29, 0.717) is 11.6 Å². The molecule has 4 fully saturated rings. The fourth-order valence-corrected chi connectivity index (χ4v) is 6.73. The van der Waals surface area contributed by atoms with Crippen LogP contribution in [0.4, 0.5) is 0 Å². The lowest BCUT2D eigenvalue weighted by Gasteiger charge is -2.55. The van der Waals surface area contributed by atoms with Crippen molar-refractivity contribution in [3.05, 3.63) is 59.0 Å². The van der Waals surface area contributed by atoms with E-state index in [1.54, 1.807) is 0 Å². The van der Waals surface area contributed by atoms with Gasteiger partial charge in [-0.25, -0.2) is 0 Å². The molecule has 4 saturated carbocycles. The number of ether oxygens (including phenoxy) is 1. The maximum absolute atomic E-state index is 6.07. The van der Waals surface area contributed by atoms with Crippen LogP contribution in [0.25, 0.3) is 5.65 Å². The van der Waals surface area contributed by atoms with Crippen LogP contribution < -0.4 is 4.74 Å². The van der Waals surface area contributed by atoms with Crippen LogP contribution in [0, 0.1) is 17.8 Å². The number of aromatic nitrogens is 3. The van der Waals surface area contributed by atoms with Gasteiger partial charge in [-0.1, -0.05) is 23.7 Å². The first-order valence-electron chi connectivity index (χ1n) is 10.4. The van der Waals surface area contributed by atoms with Gasteiger partial charge in [0.2, 0.25) is 0 Å². The molecular formula is C23H24ClN3O. The molecule has 0 atom stereocenters. The normalized spacial score (nSPS) is 30.8. The number of fused-ring (bicyclic) bond motifs is 1. The van der Waals surface area contributed by atoms with Gasteiger partial charge in [-0.3, -0.25) is 4.40 Å². The van der Waals surface area contributed by atoms with Crippen LogP contribution >= 0.6 is 11.6 Å². The summed E-state index contributed by atoms with van der Waals surface area (Å²) < 4.78 is 8.21. The maximum atomic E-state index is 6.07. The minimum Gasteiger partial charge on any atom is -0.489 e. The van der Waals surface area contributed by atoms with Crippen molar-refractivity contribution in [1.82, 2.24) is 14.6 Å². The van der Waals surface area contributed by atoms with Gasteiger partial charge in [0, 0.05) is 22.2 Å². The van der Waals surface area contributed by atoms with Crippen molar-refractivity contribution in [3.63, 3.8) is 0 Å². The third kappa shape index (κ3) is 2.65. The molecule has 4 bridgehead atoms. The minimum absolute atomic E-state index is 0.237. The first-order chi connectivity index (χ1) is 13.7. The zero-order chi connectivity index (χ0) is 18.7. The highest BCUT2D eigenvalue weighted by molar-refractivity contribution is 6.30. The Bertz CT molecular complexity index is 1010. The smallest absolute Gasteiger partial charge is 0.167 e. The summed E-state index contributed by atoms with van der Waals surface area (Å²) in [5.41, 5.74) is 2.22. The van der Waals surface area contributed by atoms with Gasteiger partial charge in [0.05, 0.1) is 0 Å². The second kappa shape index (κ2) is 6.21. The fourth-order valence-electron chi connectivity index (χ4n) is 6.55. The second-order valence-corrected chi connectivity index (χ2v) is 9.63. The first kappa shape index (κ1) is 16.8. The number of nitrogens with zero attached hydrogens (tertiary/aromatic N) is 3. The number of hydrogen-bond acceptors (Lipinski definition) is 3. The van der Waals surface area contributed by atoms with E-state index < -0.39 is 0 Å². The average Bonchev–Trinajstić information content (AvgIpc) is 3.11. The molecule has 0 spiro atoms. The molecule has 3 aromatic rings. The van der Waals surface area contributed by atoms with E-state index in [0.717, 1.165) is 34.7 Å². The summed E-state index contributed by atoms with van der Waals surface area (Å²) >= 11 is 6.07. The molecule has 0 aliphatic heterocycles. The molecule has 0 amide bonds. The largest absolute Gasteiger partial charge is 0.489 e. The Balaban J connectivity index is 1.34. The van der Waals surface area contributed by atoms with Crippen molar-refractivity contribution < 1.29 is 4.74 Å². The number of halogens is 1. The summed E-state index contributed by atoms with van der Waals surface area (Å²) in [7, 11) is 0. The Morgan fingerprint density at radius 3 is 2.46 bits per heavy atom. The Morgan fingerprint density at radius 2 is 1.75 bits per heavy atom. The molecular weight excluding hydrogens is 370 g/mol. The summed E-state index contributed by atoms with van der Waals surface area (Å²) in [5.74, 6) is 4.65. The fraction of sp³-hybridized carbons (Fsp3) is 0.478. The van der Waals surface area contributed by atoms with E-state index in [4.69, 9.17) is 21.4 Å². The van der Waals surface area contributed by atoms with Gasteiger partial charge < -0.3 is 4.74 Å². The summed E-state index contributed by atoms with van der Waals surface area (Å²) in [6, 6.07) is 11.7. The van der Waals surface area contributed by atoms with Gasteiger partial charge in [0.15, 0.2) is 5.65 Å². The number of benzene rings is 1. The number of hydrogen-bond donors (Lipinski definition) is 0. The van der Waals surface area contributed by atoms with Crippen molar-refractivity contribution in [2.75, 3.05) is 0 Å². The van der Waals surface area contributed by atoms with Crippen molar-refractivity contribution in [3.8, 4) is 5.75 Å². The highest BCUT2D eigenvalue weighted by Crippen LogP contribution is 2.60. The van der Waals surface area contributed by atoms with Gasteiger partial charge in [-0.05, 0) is 80.5 Å². The van der Waals surface area contributed by atoms with E-state index in [2.05, 4.69) is 27.8 Å². The summed E-state index contributed by atoms with van der Waals surface area (Å²) in [6.07, 6.45) is 10.3. The van der Waals surface area contributed by atoms with Crippen LogP contribution in [0.2, 0.25) is 5.02 Å². The Hall–Kier alpha value is -2.07. The third-order valence-corrected chi connectivity index (χ3v) is 7.45. The lowest BCUT2D eigenvalue weighted by Crippen LogP contribution is -2.49. The summed E-state index contributed by atoms with van der Waals surface area (Å²) in [6.45, 7) is 0.462. The van der Waals surface area contributed by atoms with E-state index in [1.807, 2.05) is 24.3 Å². The second-order valence-electron chi connectivity index (χ2n) is 9.19. The molecule has 0 N–H and O–H groups in total. The SMILES string of the molecule is Clc1cccc(OCc2cccn3c(C45CC6CC(CC(C6)C4)C5)nnc23)c1. The monoisotopic (exact) mass is 393 g/mol. The lowest BCUT2D eigenvalue weighted by molar-refractivity contribution is -0.00984. The topological polar surface area (TPSA) is 39.4 Å². The Kier molecular flexibility index (Phi) is 3.74. The van der Waals surface area contributed by atoms with Crippen LogP contribution in [-0.2, 0) is 12.0 Å². The number of pyridine rings is 1. The molecule has 2 aromatic heterocycles. The average molecular weight is 394 g/mol. The standard InChI is InChI=1S/C23H24ClN3O/c24-19-4-1-5-20(10-19)28-14-18-3-2-6-27-21(18)25-26-22(27)23-11-15-7-16(12-23)9-17(8-15)13-23/h1-6,10,15-17H,7-9,11-14H2. The van der Waals surface area contributed by atoms with Gasteiger partial charge in [-0.2, -0.15) is 0 Å². The van der Waals surface area contributed by atoms with E-state index in [-0.39, 0.29) is 5.41 Å². The van der Waals surface area contributed by atoms with E-state index >= 15 is 0 Å². The molecule has 5 heteroatoms. The number of rotatable bonds is 4. The molecule has 1 aromatic carbocycles. The van der Waals surface area contributed by atoms with Gasteiger partial charge in [0.1, 0.15) is 18.2 Å². The quantitative estimate of drug-likeness (QED) is 0.593. The highest BCUT2D eigenvalue weighted by atomic mass is 35.5. The van der Waals surface area contributed by atoms with Crippen molar-refractivity contribution in [2.24, 2.45) is 17.8 Å².